The molecule has 6 nitrogen and oxygen atoms in total. The highest BCUT2D eigenvalue weighted by Gasteiger charge is 2.13. The molecule has 26 heavy (non-hydrogen) atoms. The van der Waals surface area contributed by atoms with Crippen LogP contribution in [-0.4, -0.2) is 40.4 Å². The predicted octanol–water partition coefficient (Wildman–Crippen LogP) is 3.01. The minimum atomic E-state index is -0.148. The number of methoxy groups -OCH3 is 1. The highest BCUT2D eigenvalue weighted by molar-refractivity contribution is 5.96. The highest BCUT2D eigenvalue weighted by Crippen LogP contribution is 2.24. The zero-order valence-electron chi connectivity index (χ0n) is 15.1. The Kier molecular flexibility index (Phi) is 5.43. The van der Waals surface area contributed by atoms with Gasteiger partial charge in [-0.3, -0.25) is 4.79 Å². The lowest BCUT2D eigenvalue weighted by molar-refractivity contribution is 0.0905. The van der Waals surface area contributed by atoms with Gasteiger partial charge in [-0.1, -0.05) is 29.8 Å². The highest BCUT2D eigenvalue weighted by atomic mass is 16.5. The molecule has 0 radical (unpaired) electrons. The van der Waals surface area contributed by atoms with Crippen LogP contribution in [0.5, 0.6) is 0 Å². The lowest BCUT2D eigenvalue weighted by Crippen LogP contribution is -2.35. The molecule has 0 aliphatic heterocycles. The number of rotatable bonds is 6. The van der Waals surface area contributed by atoms with Crippen LogP contribution in [-0.2, 0) is 4.74 Å². The average molecular weight is 350 g/mol. The second-order valence-corrected chi connectivity index (χ2v) is 6.30. The molecular weight excluding hydrogens is 328 g/mol. The molecule has 134 valence electrons. The van der Waals surface area contributed by atoms with E-state index in [9.17, 15) is 4.79 Å². The monoisotopic (exact) mass is 350 g/mol. The lowest BCUT2D eigenvalue weighted by Gasteiger charge is -2.14. The zero-order valence-corrected chi connectivity index (χ0v) is 15.1. The normalized spacial score (nSPS) is 12.0. The maximum absolute atomic E-state index is 12.7. The maximum atomic E-state index is 12.7. The van der Waals surface area contributed by atoms with E-state index in [1.54, 1.807) is 24.2 Å². The van der Waals surface area contributed by atoms with Gasteiger partial charge >= 0.3 is 0 Å². The van der Waals surface area contributed by atoms with Crippen molar-refractivity contribution < 1.29 is 9.53 Å². The predicted molar refractivity (Wildman–Crippen MR) is 100 cm³/mol. The summed E-state index contributed by atoms with van der Waals surface area (Å²) < 4.78 is 6.74. The molecule has 1 heterocycles. The molecular formula is C20H22N4O2. The Balaban J connectivity index is 2.00. The lowest BCUT2D eigenvalue weighted by atomic mass is 10.0. The summed E-state index contributed by atoms with van der Waals surface area (Å²) in [6, 6.07) is 13.8. The molecule has 1 aromatic heterocycles. The van der Waals surface area contributed by atoms with Crippen molar-refractivity contribution in [2.45, 2.75) is 19.9 Å². The number of benzene rings is 2. The summed E-state index contributed by atoms with van der Waals surface area (Å²) in [5, 5.41) is 7.13. The number of carbonyl (C=O) groups excluding carboxylic acids is 1. The third-order valence-electron chi connectivity index (χ3n) is 4.04. The summed E-state index contributed by atoms with van der Waals surface area (Å²) in [5.41, 5.74) is 4.52. The summed E-state index contributed by atoms with van der Waals surface area (Å²) >= 11 is 0. The number of hydrogen-bond acceptors (Lipinski definition) is 4. The van der Waals surface area contributed by atoms with E-state index in [0.29, 0.717) is 12.2 Å². The van der Waals surface area contributed by atoms with Gasteiger partial charge in [0.1, 0.15) is 12.7 Å². The van der Waals surface area contributed by atoms with Crippen molar-refractivity contribution in [2.75, 3.05) is 13.7 Å². The minimum absolute atomic E-state index is 0.0784. The van der Waals surface area contributed by atoms with Gasteiger partial charge in [-0.05, 0) is 43.2 Å². The number of carbonyl (C=O) groups is 1. The first kappa shape index (κ1) is 17.8. The average Bonchev–Trinajstić information content (AvgIpc) is 3.17. The molecule has 1 N–H and O–H groups in total. The van der Waals surface area contributed by atoms with Crippen LogP contribution >= 0.6 is 0 Å². The van der Waals surface area contributed by atoms with Crippen LogP contribution < -0.4 is 5.32 Å². The minimum Gasteiger partial charge on any atom is -0.383 e. The summed E-state index contributed by atoms with van der Waals surface area (Å²) in [6.45, 7) is 4.41. The molecule has 0 aliphatic carbocycles. The zero-order chi connectivity index (χ0) is 18.5. The topological polar surface area (TPSA) is 69.0 Å². The van der Waals surface area contributed by atoms with E-state index < -0.39 is 0 Å². The van der Waals surface area contributed by atoms with Crippen LogP contribution in [0.3, 0.4) is 0 Å². The second-order valence-electron chi connectivity index (χ2n) is 6.30. The van der Waals surface area contributed by atoms with Gasteiger partial charge in [0.2, 0.25) is 0 Å². The Labute approximate surface area is 152 Å². The fourth-order valence-electron chi connectivity index (χ4n) is 2.73. The fourth-order valence-corrected chi connectivity index (χ4v) is 2.73. The van der Waals surface area contributed by atoms with Crippen molar-refractivity contribution >= 4 is 5.91 Å². The van der Waals surface area contributed by atoms with Crippen molar-refractivity contribution in [3.05, 3.63) is 66.2 Å². The molecule has 6 heteroatoms. The van der Waals surface area contributed by atoms with Crippen LogP contribution in [0.2, 0.25) is 0 Å². The second kappa shape index (κ2) is 7.93. The Morgan fingerprint density at radius 1 is 1.19 bits per heavy atom. The summed E-state index contributed by atoms with van der Waals surface area (Å²) in [7, 11) is 1.61. The third kappa shape index (κ3) is 4.15. The molecule has 2 aromatic carbocycles. The number of ether oxygens (including phenoxy) is 1. The number of amides is 1. The Hall–Kier alpha value is -2.99. The standard InChI is InChI=1S/C20H22N4O2/c1-14-4-6-16(7-5-14)17-8-18(20(25)23-15(2)11-26-3)10-19(9-17)24-13-21-12-22-24/h4-10,12-13,15H,11H2,1-3H3,(H,23,25). The number of hydrogen-bond donors (Lipinski definition) is 1. The smallest absolute Gasteiger partial charge is 0.251 e. The first-order valence-corrected chi connectivity index (χ1v) is 8.44. The number of nitrogens with one attached hydrogen (secondary N) is 1. The van der Waals surface area contributed by atoms with Crippen LogP contribution in [0.1, 0.15) is 22.8 Å². The van der Waals surface area contributed by atoms with Gasteiger partial charge in [-0.2, -0.15) is 5.10 Å². The van der Waals surface area contributed by atoms with Crippen molar-refractivity contribution in [3.63, 3.8) is 0 Å². The van der Waals surface area contributed by atoms with E-state index >= 15 is 0 Å². The first-order chi connectivity index (χ1) is 12.6. The largest absolute Gasteiger partial charge is 0.383 e. The molecule has 0 spiro atoms. The molecule has 0 saturated carbocycles. The van der Waals surface area contributed by atoms with Crippen LogP contribution in [0.25, 0.3) is 16.8 Å². The summed E-state index contributed by atoms with van der Waals surface area (Å²) in [6.07, 6.45) is 3.09. The van der Waals surface area contributed by atoms with Crippen molar-refractivity contribution in [3.8, 4) is 16.8 Å². The third-order valence-corrected chi connectivity index (χ3v) is 4.04. The van der Waals surface area contributed by atoms with Gasteiger partial charge < -0.3 is 10.1 Å². The van der Waals surface area contributed by atoms with Gasteiger partial charge in [0.25, 0.3) is 5.91 Å². The van der Waals surface area contributed by atoms with Gasteiger partial charge in [-0.25, -0.2) is 9.67 Å². The Morgan fingerprint density at radius 2 is 1.96 bits per heavy atom. The SMILES string of the molecule is COCC(C)NC(=O)c1cc(-c2ccc(C)cc2)cc(-n2cncn2)c1. The molecule has 0 fully saturated rings. The fraction of sp³-hybridized carbons (Fsp3) is 0.250. The Morgan fingerprint density at radius 3 is 2.62 bits per heavy atom. The van der Waals surface area contributed by atoms with E-state index in [-0.39, 0.29) is 11.9 Å². The van der Waals surface area contributed by atoms with Crippen LogP contribution in [0.15, 0.2) is 55.1 Å². The summed E-state index contributed by atoms with van der Waals surface area (Å²) in [4.78, 5) is 16.7. The van der Waals surface area contributed by atoms with Gasteiger partial charge in [0.15, 0.2) is 0 Å². The van der Waals surface area contributed by atoms with E-state index in [2.05, 4.69) is 27.5 Å². The van der Waals surface area contributed by atoms with E-state index in [0.717, 1.165) is 16.8 Å². The van der Waals surface area contributed by atoms with Crippen molar-refractivity contribution in [1.82, 2.24) is 20.1 Å². The van der Waals surface area contributed by atoms with E-state index in [1.807, 2.05) is 38.1 Å². The molecule has 0 saturated heterocycles. The molecule has 1 unspecified atom stereocenters. The van der Waals surface area contributed by atoms with Crippen LogP contribution in [0.4, 0.5) is 0 Å². The van der Waals surface area contributed by atoms with E-state index in [1.165, 1.54) is 11.9 Å². The molecule has 1 amide bonds. The number of aromatic nitrogens is 3. The molecule has 0 bridgehead atoms. The van der Waals surface area contributed by atoms with E-state index in [4.69, 9.17) is 4.74 Å². The van der Waals surface area contributed by atoms with Gasteiger partial charge in [-0.15, -0.1) is 0 Å². The van der Waals surface area contributed by atoms with Gasteiger partial charge in [0, 0.05) is 18.7 Å². The van der Waals surface area contributed by atoms with Crippen molar-refractivity contribution in [2.24, 2.45) is 0 Å². The number of aryl methyl sites for hydroxylation is 1. The molecule has 0 aliphatic rings. The molecule has 3 rings (SSSR count). The number of nitrogens with zero attached hydrogens (tertiary/aromatic N) is 3. The quantitative estimate of drug-likeness (QED) is 0.742. The maximum Gasteiger partial charge on any atom is 0.251 e. The molecule has 3 aromatic rings. The molecule has 1 atom stereocenters. The van der Waals surface area contributed by atoms with Crippen LogP contribution in [0, 0.1) is 6.92 Å². The van der Waals surface area contributed by atoms with Crippen molar-refractivity contribution in [1.29, 1.82) is 0 Å². The van der Waals surface area contributed by atoms with Gasteiger partial charge in [0.05, 0.1) is 12.3 Å². The summed E-state index contributed by atoms with van der Waals surface area (Å²) in [5.74, 6) is -0.148. The Bertz CT molecular complexity index is 873. The first-order valence-electron chi connectivity index (χ1n) is 8.44.